The lowest BCUT2D eigenvalue weighted by molar-refractivity contribution is -0.137. The number of hydrogen-bond acceptors (Lipinski definition) is 2. The fourth-order valence-corrected chi connectivity index (χ4v) is 0.189. The minimum Gasteiger partial charge on any atom is -0.481 e. The summed E-state index contributed by atoms with van der Waals surface area (Å²) in [5.74, 6) is -0.818. The Morgan fingerprint density at radius 2 is 2.25 bits per heavy atom. The van der Waals surface area contributed by atoms with Crippen LogP contribution in [0.3, 0.4) is 0 Å². The number of methoxy groups -OCH3 is 1. The van der Waals surface area contributed by atoms with E-state index in [9.17, 15) is 4.79 Å². The van der Waals surface area contributed by atoms with Crippen molar-refractivity contribution >= 4 is 15.9 Å². The number of aliphatic carboxylic acids is 1. The molecule has 1 unspecified atom stereocenters. The molecule has 0 rings (SSSR count). The van der Waals surface area contributed by atoms with Crippen LogP contribution in [0.15, 0.2) is 0 Å². The molecule has 0 amide bonds. The SMILES string of the molecule is COCCC(=O)O.P. The Hall–Kier alpha value is -0.140. The third-order valence-electron chi connectivity index (χ3n) is 0.520. The molecule has 0 aliphatic heterocycles. The summed E-state index contributed by atoms with van der Waals surface area (Å²) < 4.78 is 4.47. The van der Waals surface area contributed by atoms with Crippen LogP contribution in [0, 0.1) is 0 Å². The first-order valence-electron chi connectivity index (χ1n) is 1.98. The molecule has 4 heteroatoms. The minimum absolute atomic E-state index is 0. The van der Waals surface area contributed by atoms with Crippen molar-refractivity contribution in [1.29, 1.82) is 0 Å². The van der Waals surface area contributed by atoms with Gasteiger partial charge in [-0.25, -0.2) is 0 Å². The molecular weight excluding hydrogens is 127 g/mol. The predicted molar refractivity (Wildman–Crippen MR) is 35.2 cm³/mol. The molecule has 0 saturated heterocycles. The maximum absolute atomic E-state index is 9.68. The van der Waals surface area contributed by atoms with Gasteiger partial charge in [0, 0.05) is 7.11 Å². The van der Waals surface area contributed by atoms with Gasteiger partial charge in [0.05, 0.1) is 13.0 Å². The van der Waals surface area contributed by atoms with E-state index in [0.29, 0.717) is 6.61 Å². The summed E-state index contributed by atoms with van der Waals surface area (Å²) in [6, 6.07) is 0. The zero-order chi connectivity index (χ0) is 5.70. The van der Waals surface area contributed by atoms with Gasteiger partial charge in [-0.2, -0.15) is 9.90 Å². The van der Waals surface area contributed by atoms with Crippen LogP contribution in [0.25, 0.3) is 0 Å². The smallest absolute Gasteiger partial charge is 0.305 e. The van der Waals surface area contributed by atoms with Gasteiger partial charge in [0.25, 0.3) is 0 Å². The highest BCUT2D eigenvalue weighted by Crippen LogP contribution is 1.76. The van der Waals surface area contributed by atoms with Crippen molar-refractivity contribution in [1.82, 2.24) is 0 Å². The highest BCUT2D eigenvalue weighted by Gasteiger charge is 1.91. The molecule has 0 bridgehead atoms. The van der Waals surface area contributed by atoms with Crippen LogP contribution in [0.5, 0.6) is 0 Å². The molecule has 0 aromatic carbocycles. The van der Waals surface area contributed by atoms with Crippen LogP contribution in [0.2, 0.25) is 0 Å². The lowest BCUT2D eigenvalue weighted by atomic mass is 10.5. The molecular formula is C4H11O3P. The first-order valence-corrected chi connectivity index (χ1v) is 1.98. The maximum Gasteiger partial charge on any atom is 0.305 e. The van der Waals surface area contributed by atoms with Crippen LogP contribution in [0.1, 0.15) is 6.42 Å². The van der Waals surface area contributed by atoms with Crippen molar-refractivity contribution in [3.05, 3.63) is 0 Å². The van der Waals surface area contributed by atoms with Gasteiger partial charge in [0.2, 0.25) is 0 Å². The molecule has 0 saturated carbocycles. The van der Waals surface area contributed by atoms with Gasteiger partial charge >= 0.3 is 5.97 Å². The summed E-state index contributed by atoms with van der Waals surface area (Å²) in [6.45, 7) is 0.301. The topological polar surface area (TPSA) is 46.5 Å². The number of ether oxygens (including phenoxy) is 1. The maximum atomic E-state index is 9.68. The monoisotopic (exact) mass is 138 g/mol. The van der Waals surface area contributed by atoms with Crippen molar-refractivity contribution in [2.75, 3.05) is 13.7 Å². The lowest BCUT2D eigenvalue weighted by Gasteiger charge is -1.88. The number of carbonyl (C=O) groups is 1. The third kappa shape index (κ3) is 9.29. The van der Waals surface area contributed by atoms with Crippen LogP contribution < -0.4 is 0 Å². The molecule has 0 aliphatic carbocycles. The van der Waals surface area contributed by atoms with Gasteiger partial charge in [0.1, 0.15) is 0 Å². The third-order valence-corrected chi connectivity index (χ3v) is 0.520. The molecule has 0 radical (unpaired) electrons. The van der Waals surface area contributed by atoms with Crippen LogP contribution in [-0.2, 0) is 9.53 Å². The molecule has 0 aliphatic rings. The number of carboxylic acids is 1. The number of rotatable bonds is 3. The van der Waals surface area contributed by atoms with E-state index in [0.717, 1.165) is 0 Å². The van der Waals surface area contributed by atoms with Gasteiger partial charge in [-0.3, -0.25) is 4.79 Å². The quantitative estimate of drug-likeness (QED) is 0.565. The second kappa shape index (κ2) is 6.86. The van der Waals surface area contributed by atoms with Crippen molar-refractivity contribution < 1.29 is 14.6 Å². The van der Waals surface area contributed by atoms with Gasteiger partial charge in [-0.05, 0) is 0 Å². The van der Waals surface area contributed by atoms with E-state index in [1.54, 1.807) is 0 Å². The molecule has 0 heterocycles. The van der Waals surface area contributed by atoms with Crippen molar-refractivity contribution in [2.24, 2.45) is 0 Å². The second-order valence-electron chi connectivity index (χ2n) is 1.14. The predicted octanol–water partition coefficient (Wildman–Crippen LogP) is 0.166. The van der Waals surface area contributed by atoms with Crippen molar-refractivity contribution in [3.63, 3.8) is 0 Å². The first-order chi connectivity index (χ1) is 3.27. The molecule has 50 valence electrons. The molecule has 3 nitrogen and oxygen atoms in total. The fraction of sp³-hybridized carbons (Fsp3) is 0.750. The fourth-order valence-electron chi connectivity index (χ4n) is 0.189. The Morgan fingerprint density at radius 3 is 2.38 bits per heavy atom. The minimum atomic E-state index is -0.818. The average molecular weight is 138 g/mol. The largest absolute Gasteiger partial charge is 0.481 e. The van der Waals surface area contributed by atoms with E-state index in [1.165, 1.54) is 7.11 Å². The Kier molecular flexibility index (Phi) is 9.24. The zero-order valence-electron chi connectivity index (χ0n) is 4.89. The standard InChI is InChI=1S/C4H8O3.H3P/c1-7-3-2-4(5)6;/h2-3H2,1H3,(H,5,6);1H3. The summed E-state index contributed by atoms with van der Waals surface area (Å²) in [6.07, 6.45) is 0.0938. The summed E-state index contributed by atoms with van der Waals surface area (Å²) in [4.78, 5) is 9.68. The Balaban J connectivity index is 0. The van der Waals surface area contributed by atoms with Gasteiger partial charge in [-0.15, -0.1) is 0 Å². The van der Waals surface area contributed by atoms with E-state index in [4.69, 9.17) is 5.11 Å². The van der Waals surface area contributed by atoms with E-state index >= 15 is 0 Å². The first kappa shape index (κ1) is 10.8. The van der Waals surface area contributed by atoms with Gasteiger partial charge in [-0.1, -0.05) is 0 Å². The molecule has 0 fully saturated rings. The Labute approximate surface area is 51.7 Å². The molecule has 8 heavy (non-hydrogen) atoms. The highest BCUT2D eigenvalue weighted by atomic mass is 31.0. The second-order valence-corrected chi connectivity index (χ2v) is 1.14. The van der Waals surface area contributed by atoms with Gasteiger partial charge in [0.15, 0.2) is 0 Å². The van der Waals surface area contributed by atoms with Gasteiger partial charge < -0.3 is 9.84 Å². The van der Waals surface area contributed by atoms with E-state index < -0.39 is 5.97 Å². The van der Waals surface area contributed by atoms with E-state index in [2.05, 4.69) is 4.74 Å². The van der Waals surface area contributed by atoms with Crippen molar-refractivity contribution in [3.8, 4) is 0 Å². The molecule has 1 atom stereocenters. The van der Waals surface area contributed by atoms with Crippen LogP contribution >= 0.6 is 9.90 Å². The van der Waals surface area contributed by atoms with Crippen molar-refractivity contribution in [2.45, 2.75) is 6.42 Å². The van der Waals surface area contributed by atoms with Crippen LogP contribution in [0.4, 0.5) is 0 Å². The van der Waals surface area contributed by atoms with E-state index in [1.807, 2.05) is 0 Å². The molecule has 0 aromatic rings. The average Bonchev–Trinajstić information content (AvgIpc) is 1.61. The summed E-state index contributed by atoms with van der Waals surface area (Å²) in [7, 11) is 1.48. The lowest BCUT2D eigenvalue weighted by Crippen LogP contribution is -1.99. The molecule has 1 N–H and O–H groups in total. The molecule has 0 spiro atoms. The Morgan fingerprint density at radius 1 is 1.75 bits per heavy atom. The zero-order valence-corrected chi connectivity index (χ0v) is 6.30. The van der Waals surface area contributed by atoms with Crippen LogP contribution in [-0.4, -0.2) is 24.8 Å². The normalized spacial score (nSPS) is 7.62. The molecule has 0 aromatic heterocycles. The summed E-state index contributed by atoms with van der Waals surface area (Å²) >= 11 is 0. The Bertz CT molecular complexity index is 64.3. The van der Waals surface area contributed by atoms with E-state index in [-0.39, 0.29) is 16.3 Å². The number of carboxylic acid groups (broad SMARTS) is 1. The highest BCUT2D eigenvalue weighted by molar-refractivity contribution is 6.92. The summed E-state index contributed by atoms with van der Waals surface area (Å²) in [5.41, 5.74) is 0. The number of hydrogen-bond donors (Lipinski definition) is 1. The summed E-state index contributed by atoms with van der Waals surface area (Å²) in [5, 5.41) is 7.96.